The van der Waals surface area contributed by atoms with E-state index in [-0.39, 0.29) is 12.6 Å². The van der Waals surface area contributed by atoms with Gasteiger partial charge in [0.1, 0.15) is 12.2 Å². The van der Waals surface area contributed by atoms with E-state index in [2.05, 4.69) is 10.2 Å². The Morgan fingerprint density at radius 3 is 2.46 bits per heavy atom. The molecule has 0 unspecified atom stereocenters. The summed E-state index contributed by atoms with van der Waals surface area (Å²) in [6.07, 6.45) is 1.87. The van der Waals surface area contributed by atoms with Gasteiger partial charge in [-0.25, -0.2) is 4.79 Å². The molecular formula is C18H20N4O2. The Morgan fingerprint density at radius 1 is 1.12 bits per heavy atom. The number of esters is 1. The van der Waals surface area contributed by atoms with Gasteiger partial charge in [0.2, 0.25) is 0 Å². The average Bonchev–Trinajstić information content (AvgIpc) is 3.05. The minimum absolute atomic E-state index is 0.171. The molecule has 2 aromatic heterocycles. The molecule has 0 saturated heterocycles. The third kappa shape index (κ3) is 2.95. The summed E-state index contributed by atoms with van der Waals surface area (Å²) in [6.45, 7) is 3.84. The maximum absolute atomic E-state index is 12.4. The summed E-state index contributed by atoms with van der Waals surface area (Å²) in [4.78, 5) is 12.4. The predicted octanol–water partition coefficient (Wildman–Crippen LogP) is 2.79. The summed E-state index contributed by atoms with van der Waals surface area (Å²) in [5.41, 5.74) is 4.70. The van der Waals surface area contributed by atoms with Gasteiger partial charge >= 0.3 is 5.97 Å². The maximum Gasteiger partial charge on any atom is 0.342 e. The van der Waals surface area contributed by atoms with Crippen LogP contribution in [0.1, 0.15) is 27.3 Å². The van der Waals surface area contributed by atoms with Crippen molar-refractivity contribution in [2.45, 2.75) is 20.5 Å². The molecule has 6 nitrogen and oxygen atoms in total. The van der Waals surface area contributed by atoms with Gasteiger partial charge < -0.3 is 4.74 Å². The number of hydrogen-bond donors (Lipinski definition) is 0. The van der Waals surface area contributed by atoms with Gasteiger partial charge in [0.15, 0.2) is 0 Å². The molecule has 124 valence electrons. The summed E-state index contributed by atoms with van der Waals surface area (Å²) >= 11 is 0. The Hall–Kier alpha value is -2.89. The van der Waals surface area contributed by atoms with Crippen LogP contribution < -0.4 is 0 Å². The first-order valence-corrected chi connectivity index (χ1v) is 7.72. The third-order valence-electron chi connectivity index (χ3n) is 4.02. The van der Waals surface area contributed by atoms with Crippen LogP contribution in [0.4, 0.5) is 0 Å². The van der Waals surface area contributed by atoms with Crippen LogP contribution in [0.5, 0.6) is 0 Å². The van der Waals surface area contributed by atoms with Gasteiger partial charge in [-0.15, -0.1) is 0 Å². The lowest BCUT2D eigenvalue weighted by Gasteiger charge is -2.06. The molecule has 1 aromatic carbocycles. The number of benzene rings is 1. The van der Waals surface area contributed by atoms with Crippen molar-refractivity contribution in [1.29, 1.82) is 0 Å². The molecule has 0 N–H and O–H groups in total. The SMILES string of the molecule is Cc1nn(C)c(C)c1C(=O)OCc1cn(C)nc1-c1ccccc1. The zero-order valence-electron chi connectivity index (χ0n) is 14.3. The van der Waals surface area contributed by atoms with E-state index in [0.717, 1.165) is 22.5 Å². The van der Waals surface area contributed by atoms with Crippen LogP contribution in [0, 0.1) is 13.8 Å². The molecule has 0 amide bonds. The van der Waals surface area contributed by atoms with Gasteiger partial charge in [-0.2, -0.15) is 10.2 Å². The van der Waals surface area contributed by atoms with Crippen molar-refractivity contribution in [1.82, 2.24) is 19.6 Å². The molecule has 2 heterocycles. The number of aryl methyl sites for hydroxylation is 3. The van der Waals surface area contributed by atoms with E-state index < -0.39 is 0 Å². The molecule has 0 spiro atoms. The Labute approximate surface area is 140 Å². The molecule has 0 bridgehead atoms. The highest BCUT2D eigenvalue weighted by molar-refractivity contribution is 5.91. The smallest absolute Gasteiger partial charge is 0.342 e. The van der Waals surface area contributed by atoms with Crippen molar-refractivity contribution in [3.05, 3.63) is 59.0 Å². The molecule has 0 aliphatic heterocycles. The lowest BCUT2D eigenvalue weighted by atomic mass is 10.1. The fraction of sp³-hybridized carbons (Fsp3) is 0.278. The number of rotatable bonds is 4. The van der Waals surface area contributed by atoms with Crippen LogP contribution in [0.25, 0.3) is 11.3 Å². The van der Waals surface area contributed by atoms with Gasteiger partial charge in [0.25, 0.3) is 0 Å². The van der Waals surface area contributed by atoms with E-state index in [0.29, 0.717) is 11.3 Å². The quantitative estimate of drug-likeness (QED) is 0.692. The highest BCUT2D eigenvalue weighted by Crippen LogP contribution is 2.23. The molecular weight excluding hydrogens is 304 g/mol. The van der Waals surface area contributed by atoms with E-state index in [1.54, 1.807) is 9.36 Å². The number of carbonyl (C=O) groups excluding carboxylic acids is 1. The summed E-state index contributed by atoms with van der Waals surface area (Å²) in [7, 11) is 3.67. The second-order valence-corrected chi connectivity index (χ2v) is 5.79. The van der Waals surface area contributed by atoms with Crippen molar-refractivity contribution < 1.29 is 9.53 Å². The minimum Gasteiger partial charge on any atom is -0.457 e. The fourth-order valence-electron chi connectivity index (χ4n) is 2.77. The zero-order valence-corrected chi connectivity index (χ0v) is 14.3. The van der Waals surface area contributed by atoms with Gasteiger partial charge in [-0.3, -0.25) is 9.36 Å². The fourth-order valence-corrected chi connectivity index (χ4v) is 2.77. The normalized spacial score (nSPS) is 10.8. The Bertz CT molecular complexity index is 878. The molecule has 0 fully saturated rings. The molecule has 3 rings (SSSR count). The van der Waals surface area contributed by atoms with Crippen molar-refractivity contribution in [3.63, 3.8) is 0 Å². The molecule has 0 aliphatic rings. The average molecular weight is 324 g/mol. The van der Waals surface area contributed by atoms with Gasteiger partial charge in [0.05, 0.1) is 11.4 Å². The van der Waals surface area contributed by atoms with E-state index in [1.807, 2.05) is 64.5 Å². The Morgan fingerprint density at radius 2 is 1.83 bits per heavy atom. The van der Waals surface area contributed by atoms with Gasteiger partial charge in [0, 0.05) is 37.1 Å². The predicted molar refractivity (Wildman–Crippen MR) is 90.4 cm³/mol. The van der Waals surface area contributed by atoms with E-state index >= 15 is 0 Å². The van der Waals surface area contributed by atoms with Crippen LogP contribution >= 0.6 is 0 Å². The van der Waals surface area contributed by atoms with Crippen LogP contribution in [0.3, 0.4) is 0 Å². The topological polar surface area (TPSA) is 61.9 Å². The summed E-state index contributed by atoms with van der Waals surface area (Å²) in [5.74, 6) is -0.360. The number of ether oxygens (including phenoxy) is 1. The van der Waals surface area contributed by atoms with Crippen LogP contribution in [0.2, 0.25) is 0 Å². The first kappa shape index (κ1) is 16.0. The molecule has 3 aromatic rings. The second-order valence-electron chi connectivity index (χ2n) is 5.79. The highest BCUT2D eigenvalue weighted by Gasteiger charge is 2.20. The van der Waals surface area contributed by atoms with Gasteiger partial charge in [-0.05, 0) is 13.8 Å². The van der Waals surface area contributed by atoms with Crippen LogP contribution in [-0.4, -0.2) is 25.5 Å². The summed E-state index contributed by atoms with van der Waals surface area (Å²) in [6, 6.07) is 9.86. The first-order valence-electron chi connectivity index (χ1n) is 7.72. The second kappa shape index (κ2) is 6.31. The molecule has 24 heavy (non-hydrogen) atoms. The van der Waals surface area contributed by atoms with E-state index in [1.165, 1.54) is 0 Å². The maximum atomic E-state index is 12.4. The van der Waals surface area contributed by atoms with Gasteiger partial charge in [-0.1, -0.05) is 30.3 Å². The number of nitrogens with zero attached hydrogens (tertiary/aromatic N) is 4. The third-order valence-corrected chi connectivity index (χ3v) is 4.02. The lowest BCUT2D eigenvalue weighted by Crippen LogP contribution is -2.08. The first-order chi connectivity index (χ1) is 11.5. The monoisotopic (exact) mass is 324 g/mol. The lowest BCUT2D eigenvalue weighted by molar-refractivity contribution is 0.0471. The molecule has 6 heteroatoms. The Balaban J connectivity index is 1.82. The number of carbonyl (C=O) groups is 1. The molecule has 0 aliphatic carbocycles. The van der Waals surface area contributed by atoms with Crippen molar-refractivity contribution in [2.75, 3.05) is 0 Å². The van der Waals surface area contributed by atoms with E-state index in [4.69, 9.17) is 4.74 Å². The molecule has 0 saturated carbocycles. The largest absolute Gasteiger partial charge is 0.457 e. The molecule has 0 radical (unpaired) electrons. The van der Waals surface area contributed by atoms with Crippen LogP contribution in [-0.2, 0) is 25.4 Å². The summed E-state index contributed by atoms with van der Waals surface area (Å²) in [5, 5.41) is 8.73. The highest BCUT2D eigenvalue weighted by atomic mass is 16.5. The minimum atomic E-state index is -0.360. The standard InChI is InChI=1S/C18H20N4O2/c1-12-16(13(2)22(4)19-12)18(23)24-11-15-10-21(3)20-17(15)14-8-6-5-7-9-14/h5-10H,11H2,1-4H3. The zero-order chi connectivity index (χ0) is 17.3. The van der Waals surface area contributed by atoms with E-state index in [9.17, 15) is 4.79 Å². The van der Waals surface area contributed by atoms with Crippen molar-refractivity contribution in [3.8, 4) is 11.3 Å². The molecule has 0 atom stereocenters. The number of aromatic nitrogens is 4. The van der Waals surface area contributed by atoms with Crippen LogP contribution in [0.15, 0.2) is 36.5 Å². The Kier molecular flexibility index (Phi) is 4.20. The van der Waals surface area contributed by atoms with Crippen molar-refractivity contribution in [2.24, 2.45) is 14.1 Å². The summed E-state index contributed by atoms with van der Waals surface area (Å²) < 4.78 is 8.93. The number of hydrogen-bond acceptors (Lipinski definition) is 4. The van der Waals surface area contributed by atoms with Crippen molar-refractivity contribution >= 4 is 5.97 Å².